The molecule has 2 atom stereocenters. The lowest BCUT2D eigenvalue weighted by atomic mass is 9.83. The lowest BCUT2D eigenvalue weighted by molar-refractivity contribution is -0.138. The molecule has 0 saturated carbocycles. The minimum atomic E-state index is -4.53. The fourth-order valence-corrected chi connectivity index (χ4v) is 3.41. The highest BCUT2D eigenvalue weighted by atomic mass is 35.5. The summed E-state index contributed by atoms with van der Waals surface area (Å²) in [5.41, 5.74) is -0.634. The Morgan fingerprint density at radius 2 is 2.00 bits per heavy atom. The van der Waals surface area contributed by atoms with Crippen LogP contribution in [0.1, 0.15) is 27.4 Å². The number of hydrogen-bond acceptors (Lipinski definition) is 2. The molecular formula is C13H12ClF3N2O. The van der Waals surface area contributed by atoms with Crippen LogP contribution >= 0.6 is 11.8 Å². The molecule has 1 aromatic rings. The summed E-state index contributed by atoms with van der Waals surface area (Å²) in [6.07, 6.45) is -4.53. The van der Waals surface area contributed by atoms with Gasteiger partial charge in [0.05, 0.1) is 17.2 Å². The molecule has 0 aliphatic carbocycles. The van der Waals surface area contributed by atoms with E-state index in [0.717, 1.165) is 6.07 Å². The van der Waals surface area contributed by atoms with Gasteiger partial charge in [-0.2, -0.15) is 13.2 Å². The molecule has 0 bridgehead atoms. The van der Waals surface area contributed by atoms with Gasteiger partial charge in [0.15, 0.2) is 0 Å². The highest BCUT2D eigenvalue weighted by molar-refractivity contribution is 6.13. The number of rotatable bonds is 0. The summed E-state index contributed by atoms with van der Waals surface area (Å²) in [6.45, 7) is 0.905. The number of fused-ring (bicyclic) bond motifs is 3. The van der Waals surface area contributed by atoms with Crippen LogP contribution in [0.5, 0.6) is 0 Å². The van der Waals surface area contributed by atoms with Gasteiger partial charge < -0.3 is 4.90 Å². The van der Waals surface area contributed by atoms with Crippen molar-refractivity contribution in [1.82, 2.24) is 9.32 Å². The zero-order chi connectivity index (χ0) is 14.7. The molecule has 1 aromatic carbocycles. The molecule has 1 saturated heterocycles. The van der Waals surface area contributed by atoms with Crippen LogP contribution in [0.15, 0.2) is 18.2 Å². The van der Waals surface area contributed by atoms with Gasteiger partial charge in [0.2, 0.25) is 0 Å². The molecule has 0 radical (unpaired) electrons. The van der Waals surface area contributed by atoms with Crippen molar-refractivity contribution < 1.29 is 18.0 Å². The molecule has 1 fully saturated rings. The number of halogens is 4. The van der Waals surface area contributed by atoms with Gasteiger partial charge in [0.1, 0.15) is 0 Å². The van der Waals surface area contributed by atoms with E-state index in [1.165, 1.54) is 22.4 Å². The smallest absolute Gasteiger partial charge is 0.337 e. The van der Waals surface area contributed by atoms with E-state index in [0.29, 0.717) is 18.7 Å². The van der Waals surface area contributed by atoms with Crippen molar-refractivity contribution in [3.05, 3.63) is 34.9 Å². The van der Waals surface area contributed by atoms with Gasteiger partial charge in [0, 0.05) is 26.1 Å². The van der Waals surface area contributed by atoms with Crippen molar-refractivity contribution in [1.29, 1.82) is 0 Å². The Labute approximate surface area is 119 Å². The monoisotopic (exact) mass is 304 g/mol. The second kappa shape index (κ2) is 4.36. The highest BCUT2D eigenvalue weighted by Crippen LogP contribution is 2.43. The standard InChI is InChI=1S/C13H12ClF3N2O/c1-18-10-6-19(14)5-8(10)7-3-2-4-9(13(15,16)17)11(7)12(18)20/h2-4,8,10H,5-6H2,1H3/t8-,10-/m0/s1. The van der Waals surface area contributed by atoms with Crippen LogP contribution in [0.25, 0.3) is 0 Å². The van der Waals surface area contributed by atoms with Crippen LogP contribution in [0, 0.1) is 0 Å². The molecule has 2 aliphatic rings. The Balaban J connectivity index is 2.20. The first-order chi connectivity index (χ1) is 9.30. The lowest BCUT2D eigenvalue weighted by Crippen LogP contribution is -2.46. The molecule has 20 heavy (non-hydrogen) atoms. The van der Waals surface area contributed by atoms with Crippen LogP contribution in [0.4, 0.5) is 13.2 Å². The van der Waals surface area contributed by atoms with E-state index < -0.39 is 17.6 Å². The average molecular weight is 305 g/mol. The van der Waals surface area contributed by atoms with Crippen molar-refractivity contribution >= 4 is 17.7 Å². The van der Waals surface area contributed by atoms with Crippen LogP contribution < -0.4 is 0 Å². The van der Waals surface area contributed by atoms with Crippen molar-refractivity contribution in [3.63, 3.8) is 0 Å². The molecule has 1 amide bonds. The van der Waals surface area contributed by atoms with Crippen molar-refractivity contribution in [3.8, 4) is 0 Å². The summed E-state index contributed by atoms with van der Waals surface area (Å²) in [5.74, 6) is -0.756. The van der Waals surface area contributed by atoms with E-state index in [1.807, 2.05) is 0 Å². The first kappa shape index (κ1) is 13.7. The Bertz CT molecular complexity index is 575. The summed E-state index contributed by atoms with van der Waals surface area (Å²) >= 11 is 5.97. The Morgan fingerprint density at radius 1 is 1.30 bits per heavy atom. The number of carbonyl (C=O) groups excluding carboxylic acids is 1. The van der Waals surface area contributed by atoms with Crippen molar-refractivity contribution in [2.75, 3.05) is 20.1 Å². The SMILES string of the molecule is CN1C(=O)c2c(cccc2C(F)(F)F)[C@@H]2CN(Cl)C[C@@H]21. The van der Waals surface area contributed by atoms with E-state index in [-0.39, 0.29) is 17.5 Å². The van der Waals surface area contributed by atoms with E-state index in [2.05, 4.69) is 0 Å². The molecule has 7 heteroatoms. The number of alkyl halides is 3. The summed E-state index contributed by atoms with van der Waals surface area (Å²) in [5, 5.41) is 0. The topological polar surface area (TPSA) is 23.6 Å². The lowest BCUT2D eigenvalue weighted by Gasteiger charge is -2.36. The molecule has 2 aliphatic heterocycles. The zero-order valence-electron chi connectivity index (χ0n) is 10.6. The fraction of sp³-hybridized carbons (Fsp3) is 0.462. The summed E-state index contributed by atoms with van der Waals surface area (Å²) < 4.78 is 40.8. The third-order valence-electron chi connectivity index (χ3n) is 4.08. The summed E-state index contributed by atoms with van der Waals surface area (Å²) in [7, 11) is 1.53. The Kier molecular flexibility index (Phi) is 2.99. The predicted octanol–water partition coefficient (Wildman–Crippen LogP) is 2.71. The van der Waals surface area contributed by atoms with Crippen LogP contribution in [-0.4, -0.2) is 41.4 Å². The summed E-state index contributed by atoms with van der Waals surface area (Å²) in [6, 6.07) is 3.74. The number of likely N-dealkylation sites (N-methyl/N-ethyl adjacent to an activating group) is 1. The minimum absolute atomic E-state index is 0.170. The highest BCUT2D eigenvalue weighted by Gasteiger charge is 2.47. The van der Waals surface area contributed by atoms with E-state index in [4.69, 9.17) is 11.8 Å². The number of benzene rings is 1. The summed E-state index contributed by atoms with van der Waals surface area (Å²) in [4.78, 5) is 13.7. The van der Waals surface area contributed by atoms with Gasteiger partial charge in [-0.3, -0.25) is 4.79 Å². The zero-order valence-corrected chi connectivity index (χ0v) is 11.4. The molecule has 0 aromatic heterocycles. The molecule has 0 spiro atoms. The molecule has 0 unspecified atom stereocenters. The van der Waals surface area contributed by atoms with Gasteiger partial charge in [-0.05, 0) is 23.4 Å². The molecule has 108 valence electrons. The van der Waals surface area contributed by atoms with Gasteiger partial charge in [-0.1, -0.05) is 12.1 Å². The van der Waals surface area contributed by atoms with E-state index in [9.17, 15) is 18.0 Å². The number of nitrogens with zero attached hydrogens (tertiary/aromatic N) is 2. The van der Waals surface area contributed by atoms with Crippen LogP contribution in [0.3, 0.4) is 0 Å². The van der Waals surface area contributed by atoms with Crippen LogP contribution in [0.2, 0.25) is 0 Å². The third-order valence-corrected chi connectivity index (χ3v) is 4.35. The number of carbonyl (C=O) groups is 1. The second-order valence-corrected chi connectivity index (χ2v) is 5.66. The predicted molar refractivity (Wildman–Crippen MR) is 67.5 cm³/mol. The van der Waals surface area contributed by atoms with Gasteiger partial charge in [-0.25, -0.2) is 4.42 Å². The van der Waals surface area contributed by atoms with Crippen molar-refractivity contribution in [2.24, 2.45) is 0 Å². The first-order valence-corrected chi connectivity index (χ1v) is 6.52. The van der Waals surface area contributed by atoms with Crippen molar-refractivity contribution in [2.45, 2.75) is 18.1 Å². The number of hydrogen-bond donors (Lipinski definition) is 0. The first-order valence-electron chi connectivity index (χ1n) is 6.18. The fourth-order valence-electron chi connectivity index (χ4n) is 3.12. The maximum absolute atomic E-state index is 13.1. The molecular weight excluding hydrogens is 293 g/mol. The molecule has 0 N–H and O–H groups in total. The third kappa shape index (κ3) is 1.90. The Hall–Kier alpha value is -1.27. The molecule has 3 nitrogen and oxygen atoms in total. The minimum Gasteiger partial charge on any atom is -0.337 e. The molecule has 2 heterocycles. The van der Waals surface area contributed by atoms with Gasteiger partial charge in [0.25, 0.3) is 5.91 Å². The van der Waals surface area contributed by atoms with Gasteiger partial charge >= 0.3 is 6.18 Å². The number of amides is 1. The van der Waals surface area contributed by atoms with Gasteiger partial charge in [-0.15, -0.1) is 0 Å². The largest absolute Gasteiger partial charge is 0.417 e. The quantitative estimate of drug-likeness (QED) is 0.688. The normalized spacial score (nSPS) is 26.6. The van der Waals surface area contributed by atoms with Crippen LogP contribution in [-0.2, 0) is 6.18 Å². The Morgan fingerprint density at radius 3 is 2.65 bits per heavy atom. The maximum atomic E-state index is 13.1. The maximum Gasteiger partial charge on any atom is 0.417 e. The second-order valence-electron chi connectivity index (χ2n) is 5.19. The average Bonchev–Trinajstić information content (AvgIpc) is 2.76. The van der Waals surface area contributed by atoms with E-state index >= 15 is 0 Å². The molecule has 3 rings (SSSR count). The van der Waals surface area contributed by atoms with E-state index in [1.54, 1.807) is 6.07 Å².